The maximum atomic E-state index is 13.4. The smallest absolute Gasteiger partial charge is 0.264 e. The number of hydrogen-bond acceptors (Lipinski definition) is 7. The average molecular weight is 496 g/mol. The highest BCUT2D eigenvalue weighted by atomic mass is 32.2. The molecular weight excluding hydrogens is 470 g/mol. The Hall–Kier alpha value is -4.05. The van der Waals surface area contributed by atoms with Crippen molar-refractivity contribution in [1.29, 1.82) is 0 Å². The van der Waals surface area contributed by atoms with Crippen molar-refractivity contribution in [2.24, 2.45) is 5.10 Å². The van der Waals surface area contributed by atoms with E-state index in [1.165, 1.54) is 18.3 Å². The summed E-state index contributed by atoms with van der Waals surface area (Å²) in [5.74, 6) is 1.22. The van der Waals surface area contributed by atoms with Crippen molar-refractivity contribution in [2.45, 2.75) is 18.7 Å². The molecule has 0 aromatic heterocycles. The Labute approximate surface area is 204 Å². The number of anilines is 1. The number of amides is 1. The Morgan fingerprint density at radius 1 is 1.06 bits per heavy atom. The van der Waals surface area contributed by atoms with Gasteiger partial charge in [0.1, 0.15) is 12.3 Å². The number of sulfonamides is 1. The van der Waals surface area contributed by atoms with Crippen LogP contribution < -0.4 is 23.9 Å². The van der Waals surface area contributed by atoms with Crippen LogP contribution in [0.15, 0.2) is 76.7 Å². The molecule has 0 fully saturated rings. The lowest BCUT2D eigenvalue weighted by Gasteiger charge is -2.24. The standard InChI is InChI=1S/C25H25N3O6S/c1-3-32-21-9-7-20(8-10-21)28(35(30,31)22-11-4-18(2)5-12-22)16-25(29)27-26-15-19-6-13-23-24(14-19)34-17-33-23/h4-15H,3,16-17H2,1-2H3,(H,27,29)/b26-15+. The zero-order valence-electron chi connectivity index (χ0n) is 19.3. The maximum Gasteiger partial charge on any atom is 0.264 e. The molecule has 10 heteroatoms. The molecule has 1 amide bonds. The van der Waals surface area contributed by atoms with E-state index in [-0.39, 0.29) is 11.7 Å². The fraction of sp³-hybridized carbons (Fsp3) is 0.200. The van der Waals surface area contributed by atoms with Crippen LogP contribution in [-0.2, 0) is 14.8 Å². The Morgan fingerprint density at radius 3 is 2.49 bits per heavy atom. The topological polar surface area (TPSA) is 107 Å². The Balaban J connectivity index is 1.53. The third-order valence-electron chi connectivity index (χ3n) is 5.13. The monoisotopic (exact) mass is 495 g/mol. The summed E-state index contributed by atoms with van der Waals surface area (Å²) < 4.78 is 44.0. The Bertz CT molecular complexity index is 1320. The highest BCUT2D eigenvalue weighted by Crippen LogP contribution is 2.32. The first-order valence-electron chi connectivity index (χ1n) is 10.9. The molecule has 3 aromatic rings. The van der Waals surface area contributed by atoms with Crippen molar-refractivity contribution in [3.05, 3.63) is 77.9 Å². The molecule has 0 unspecified atom stereocenters. The number of benzene rings is 3. The van der Waals surface area contributed by atoms with E-state index in [4.69, 9.17) is 14.2 Å². The summed E-state index contributed by atoms with van der Waals surface area (Å²) in [6.45, 7) is 3.89. The van der Waals surface area contributed by atoms with Gasteiger partial charge in [-0.1, -0.05) is 17.7 Å². The van der Waals surface area contributed by atoms with Crippen LogP contribution in [0.1, 0.15) is 18.1 Å². The minimum atomic E-state index is -4.03. The normalized spacial score (nSPS) is 12.5. The number of nitrogens with one attached hydrogen (secondary N) is 1. The first kappa shape index (κ1) is 24.1. The average Bonchev–Trinajstić information content (AvgIpc) is 3.32. The number of carbonyl (C=O) groups excluding carboxylic acids is 1. The van der Waals surface area contributed by atoms with Crippen molar-refractivity contribution >= 4 is 27.8 Å². The minimum absolute atomic E-state index is 0.0774. The van der Waals surface area contributed by atoms with Gasteiger partial charge in [-0.3, -0.25) is 9.10 Å². The molecule has 0 aliphatic carbocycles. The predicted molar refractivity (Wildman–Crippen MR) is 132 cm³/mol. The van der Waals surface area contributed by atoms with Crippen molar-refractivity contribution in [3.8, 4) is 17.2 Å². The van der Waals surface area contributed by atoms with E-state index in [0.717, 1.165) is 9.87 Å². The van der Waals surface area contributed by atoms with Crippen LogP contribution in [0.4, 0.5) is 5.69 Å². The van der Waals surface area contributed by atoms with Crippen molar-refractivity contribution < 1.29 is 27.4 Å². The third kappa shape index (κ3) is 5.72. The molecule has 1 aliphatic heterocycles. The van der Waals surface area contributed by atoms with Crippen LogP contribution in [0.2, 0.25) is 0 Å². The van der Waals surface area contributed by atoms with E-state index in [9.17, 15) is 13.2 Å². The number of fused-ring (bicyclic) bond motifs is 1. The Morgan fingerprint density at radius 2 is 1.77 bits per heavy atom. The molecule has 4 rings (SSSR count). The highest BCUT2D eigenvalue weighted by molar-refractivity contribution is 7.92. The van der Waals surface area contributed by atoms with Gasteiger partial charge in [0.15, 0.2) is 11.5 Å². The van der Waals surface area contributed by atoms with Gasteiger partial charge in [-0.25, -0.2) is 13.8 Å². The van der Waals surface area contributed by atoms with E-state index in [1.807, 2.05) is 13.8 Å². The largest absolute Gasteiger partial charge is 0.494 e. The van der Waals surface area contributed by atoms with Gasteiger partial charge < -0.3 is 14.2 Å². The lowest BCUT2D eigenvalue weighted by molar-refractivity contribution is -0.119. The van der Waals surface area contributed by atoms with Gasteiger partial charge in [0.05, 0.1) is 23.4 Å². The maximum absolute atomic E-state index is 13.4. The SMILES string of the molecule is CCOc1ccc(N(CC(=O)N/N=C/c2ccc3c(c2)OCO3)S(=O)(=O)c2ccc(C)cc2)cc1. The quantitative estimate of drug-likeness (QED) is 0.360. The zero-order chi connectivity index (χ0) is 24.8. The summed E-state index contributed by atoms with van der Waals surface area (Å²) in [6, 6.07) is 18.2. The summed E-state index contributed by atoms with van der Waals surface area (Å²) in [5.41, 5.74) is 4.32. The van der Waals surface area contributed by atoms with Gasteiger partial charge in [0, 0.05) is 0 Å². The van der Waals surface area contributed by atoms with Gasteiger partial charge in [-0.2, -0.15) is 5.10 Å². The number of aryl methyl sites for hydroxylation is 1. The van der Waals surface area contributed by atoms with Gasteiger partial charge in [0.2, 0.25) is 6.79 Å². The van der Waals surface area contributed by atoms with E-state index in [1.54, 1.807) is 54.6 Å². The van der Waals surface area contributed by atoms with E-state index in [2.05, 4.69) is 10.5 Å². The molecule has 0 radical (unpaired) electrons. The summed E-state index contributed by atoms with van der Waals surface area (Å²) in [5, 5.41) is 3.96. The molecule has 35 heavy (non-hydrogen) atoms. The van der Waals surface area contributed by atoms with Gasteiger partial charge in [0.25, 0.3) is 15.9 Å². The van der Waals surface area contributed by atoms with Crippen LogP contribution in [-0.4, -0.2) is 40.5 Å². The summed E-state index contributed by atoms with van der Waals surface area (Å²) in [4.78, 5) is 12.8. The number of hydrogen-bond donors (Lipinski definition) is 1. The number of carbonyl (C=O) groups is 1. The molecule has 1 N–H and O–H groups in total. The molecule has 0 atom stereocenters. The van der Waals surface area contributed by atoms with E-state index >= 15 is 0 Å². The van der Waals surface area contributed by atoms with Crippen LogP contribution in [0.3, 0.4) is 0 Å². The van der Waals surface area contributed by atoms with Crippen LogP contribution in [0.25, 0.3) is 0 Å². The van der Waals surface area contributed by atoms with E-state index < -0.39 is 22.5 Å². The molecule has 0 saturated carbocycles. The van der Waals surface area contributed by atoms with E-state index in [0.29, 0.717) is 35.1 Å². The van der Waals surface area contributed by atoms with Gasteiger partial charge >= 0.3 is 0 Å². The highest BCUT2D eigenvalue weighted by Gasteiger charge is 2.27. The first-order chi connectivity index (χ1) is 16.9. The molecular formula is C25H25N3O6S. The molecule has 3 aromatic carbocycles. The molecule has 0 spiro atoms. The lowest BCUT2D eigenvalue weighted by Crippen LogP contribution is -2.39. The number of ether oxygens (including phenoxy) is 3. The lowest BCUT2D eigenvalue weighted by atomic mass is 10.2. The molecule has 0 saturated heterocycles. The second-order valence-corrected chi connectivity index (χ2v) is 9.52. The molecule has 1 aliphatic rings. The fourth-order valence-electron chi connectivity index (χ4n) is 3.37. The van der Waals surface area contributed by atoms with Crippen LogP contribution in [0.5, 0.6) is 17.2 Å². The van der Waals surface area contributed by atoms with Gasteiger partial charge in [-0.15, -0.1) is 0 Å². The molecule has 1 heterocycles. The number of rotatable bonds is 9. The fourth-order valence-corrected chi connectivity index (χ4v) is 4.79. The zero-order valence-corrected chi connectivity index (χ0v) is 20.1. The second kappa shape index (κ2) is 10.5. The van der Waals surface area contributed by atoms with Crippen molar-refractivity contribution in [1.82, 2.24) is 5.43 Å². The van der Waals surface area contributed by atoms with Crippen molar-refractivity contribution in [3.63, 3.8) is 0 Å². The molecule has 0 bridgehead atoms. The van der Waals surface area contributed by atoms with Crippen LogP contribution >= 0.6 is 0 Å². The number of nitrogens with zero attached hydrogens (tertiary/aromatic N) is 2. The number of hydrazone groups is 1. The predicted octanol–water partition coefficient (Wildman–Crippen LogP) is 3.47. The Kier molecular flexibility index (Phi) is 7.21. The van der Waals surface area contributed by atoms with Crippen molar-refractivity contribution in [2.75, 3.05) is 24.2 Å². The minimum Gasteiger partial charge on any atom is -0.494 e. The second-order valence-electron chi connectivity index (χ2n) is 7.66. The first-order valence-corrected chi connectivity index (χ1v) is 12.3. The van der Waals surface area contributed by atoms with Gasteiger partial charge in [-0.05, 0) is 74.0 Å². The van der Waals surface area contributed by atoms with Crippen LogP contribution in [0, 0.1) is 6.92 Å². The third-order valence-corrected chi connectivity index (χ3v) is 6.92. The summed E-state index contributed by atoms with van der Waals surface area (Å²) in [6.07, 6.45) is 1.44. The molecule has 182 valence electrons. The molecule has 9 nitrogen and oxygen atoms in total. The summed E-state index contributed by atoms with van der Waals surface area (Å²) in [7, 11) is -4.03. The summed E-state index contributed by atoms with van der Waals surface area (Å²) >= 11 is 0.